The summed E-state index contributed by atoms with van der Waals surface area (Å²) in [5.41, 5.74) is -0.0375. The molecule has 7 nitrogen and oxygen atoms in total. The molecule has 0 bridgehead atoms. The van der Waals surface area contributed by atoms with Gasteiger partial charge in [0.05, 0.1) is 6.61 Å². The SMILES string of the molecule is CCCCn1ccc(OCC)c(N=Nc2cc(C)on2)c1=O. The van der Waals surface area contributed by atoms with Gasteiger partial charge < -0.3 is 13.8 Å². The van der Waals surface area contributed by atoms with E-state index in [2.05, 4.69) is 22.3 Å². The molecule has 0 saturated carbocycles. The van der Waals surface area contributed by atoms with Crippen LogP contribution in [0.3, 0.4) is 0 Å². The van der Waals surface area contributed by atoms with Crippen molar-refractivity contribution in [3.05, 3.63) is 34.4 Å². The highest BCUT2D eigenvalue weighted by atomic mass is 16.5. The zero-order valence-corrected chi connectivity index (χ0v) is 13.1. The van der Waals surface area contributed by atoms with E-state index >= 15 is 0 Å². The molecular weight excluding hydrogens is 284 g/mol. The topological polar surface area (TPSA) is 82.0 Å². The number of aromatic nitrogens is 2. The molecule has 0 amide bonds. The number of rotatable bonds is 7. The van der Waals surface area contributed by atoms with E-state index in [1.165, 1.54) is 0 Å². The molecule has 0 radical (unpaired) electrons. The minimum absolute atomic E-state index is 0.182. The van der Waals surface area contributed by atoms with Crippen molar-refractivity contribution in [3.8, 4) is 5.75 Å². The fourth-order valence-corrected chi connectivity index (χ4v) is 1.92. The van der Waals surface area contributed by atoms with E-state index in [0.717, 1.165) is 12.8 Å². The van der Waals surface area contributed by atoms with E-state index in [1.54, 1.807) is 29.8 Å². The number of ether oxygens (including phenoxy) is 1. The summed E-state index contributed by atoms with van der Waals surface area (Å²) in [4.78, 5) is 12.5. The molecule has 0 atom stereocenters. The van der Waals surface area contributed by atoms with Crippen LogP contribution in [0.2, 0.25) is 0 Å². The van der Waals surface area contributed by atoms with Crippen LogP contribution >= 0.6 is 0 Å². The summed E-state index contributed by atoms with van der Waals surface area (Å²) >= 11 is 0. The smallest absolute Gasteiger partial charge is 0.282 e. The van der Waals surface area contributed by atoms with Gasteiger partial charge in [-0.15, -0.1) is 10.2 Å². The molecule has 2 aromatic heterocycles. The Balaban J connectivity index is 2.36. The molecule has 0 aromatic carbocycles. The predicted octanol–water partition coefficient (Wildman–Crippen LogP) is 3.76. The highest BCUT2D eigenvalue weighted by Crippen LogP contribution is 2.25. The van der Waals surface area contributed by atoms with Crippen molar-refractivity contribution in [1.29, 1.82) is 0 Å². The van der Waals surface area contributed by atoms with Crippen LogP contribution in [0.1, 0.15) is 32.4 Å². The van der Waals surface area contributed by atoms with Gasteiger partial charge in [0.1, 0.15) is 5.76 Å². The zero-order chi connectivity index (χ0) is 15.9. The Morgan fingerprint density at radius 3 is 2.82 bits per heavy atom. The lowest BCUT2D eigenvalue weighted by molar-refractivity contribution is 0.339. The maximum atomic E-state index is 12.5. The van der Waals surface area contributed by atoms with Crippen LogP contribution in [0.4, 0.5) is 11.5 Å². The van der Waals surface area contributed by atoms with E-state index < -0.39 is 0 Å². The van der Waals surface area contributed by atoms with Crippen molar-refractivity contribution >= 4 is 11.5 Å². The fraction of sp³-hybridized carbons (Fsp3) is 0.467. The molecule has 7 heteroatoms. The lowest BCUT2D eigenvalue weighted by atomic mass is 10.3. The molecule has 0 fully saturated rings. The number of aryl methyl sites for hydroxylation is 2. The van der Waals surface area contributed by atoms with Gasteiger partial charge in [0.25, 0.3) is 5.56 Å². The highest BCUT2D eigenvalue weighted by molar-refractivity contribution is 5.49. The summed E-state index contributed by atoms with van der Waals surface area (Å²) in [6, 6.07) is 3.38. The van der Waals surface area contributed by atoms with Gasteiger partial charge in [-0.05, 0) is 26.3 Å². The molecular formula is C15H20N4O3. The third kappa shape index (κ3) is 3.81. The minimum atomic E-state index is -0.219. The maximum absolute atomic E-state index is 12.5. The third-order valence-electron chi connectivity index (χ3n) is 3.02. The minimum Gasteiger partial charge on any atom is -0.491 e. The van der Waals surface area contributed by atoms with E-state index in [1.807, 2.05) is 6.92 Å². The average molecular weight is 304 g/mol. The van der Waals surface area contributed by atoms with Gasteiger partial charge in [-0.2, -0.15) is 0 Å². The molecule has 0 saturated heterocycles. The molecule has 2 aromatic rings. The Morgan fingerprint density at radius 2 is 2.18 bits per heavy atom. The van der Waals surface area contributed by atoms with Crippen molar-refractivity contribution < 1.29 is 9.26 Å². The van der Waals surface area contributed by atoms with Gasteiger partial charge in [0.15, 0.2) is 11.4 Å². The standard InChI is InChI=1S/C15H20N4O3/c1-4-6-8-19-9-7-12(21-5-2)14(15(19)20)17-16-13-10-11(3)22-18-13/h7,9-10H,4-6,8H2,1-3H3. The van der Waals surface area contributed by atoms with E-state index in [0.29, 0.717) is 30.5 Å². The summed E-state index contributed by atoms with van der Waals surface area (Å²) in [5, 5.41) is 11.7. The number of pyridine rings is 1. The summed E-state index contributed by atoms with van der Waals surface area (Å²) in [6.07, 6.45) is 3.66. The van der Waals surface area contributed by atoms with Gasteiger partial charge in [-0.3, -0.25) is 4.79 Å². The van der Waals surface area contributed by atoms with Crippen LogP contribution in [0.25, 0.3) is 0 Å². The lowest BCUT2D eigenvalue weighted by Crippen LogP contribution is -2.19. The van der Waals surface area contributed by atoms with Gasteiger partial charge >= 0.3 is 0 Å². The second-order valence-corrected chi connectivity index (χ2v) is 4.81. The van der Waals surface area contributed by atoms with Crippen LogP contribution in [0, 0.1) is 6.92 Å². The summed E-state index contributed by atoms with van der Waals surface area (Å²) < 4.78 is 12.0. The number of azo groups is 1. The fourth-order valence-electron chi connectivity index (χ4n) is 1.92. The molecule has 0 aliphatic rings. The molecule has 0 unspecified atom stereocenters. The average Bonchev–Trinajstić information content (AvgIpc) is 2.92. The van der Waals surface area contributed by atoms with Crippen LogP contribution in [-0.2, 0) is 6.54 Å². The van der Waals surface area contributed by atoms with Crippen molar-refractivity contribution in [2.75, 3.05) is 6.61 Å². The van der Waals surface area contributed by atoms with E-state index in [9.17, 15) is 4.79 Å². The van der Waals surface area contributed by atoms with Gasteiger partial charge in [0, 0.05) is 18.8 Å². The summed E-state index contributed by atoms with van der Waals surface area (Å²) in [7, 11) is 0. The Bertz CT molecular complexity index is 703. The van der Waals surface area contributed by atoms with Gasteiger partial charge in [-0.1, -0.05) is 18.5 Å². The number of hydrogen-bond acceptors (Lipinski definition) is 6. The maximum Gasteiger partial charge on any atom is 0.282 e. The van der Waals surface area contributed by atoms with E-state index in [-0.39, 0.29) is 11.2 Å². The van der Waals surface area contributed by atoms with Crippen LogP contribution in [0.5, 0.6) is 5.75 Å². The first kappa shape index (κ1) is 15.9. The van der Waals surface area contributed by atoms with Gasteiger partial charge in [-0.25, -0.2) is 0 Å². The molecule has 0 spiro atoms. The van der Waals surface area contributed by atoms with Gasteiger partial charge in [0.2, 0.25) is 5.82 Å². The van der Waals surface area contributed by atoms with Crippen molar-refractivity contribution in [2.45, 2.75) is 40.2 Å². The lowest BCUT2D eigenvalue weighted by Gasteiger charge is -2.09. The largest absolute Gasteiger partial charge is 0.491 e. The van der Waals surface area contributed by atoms with Crippen molar-refractivity contribution in [2.24, 2.45) is 10.2 Å². The highest BCUT2D eigenvalue weighted by Gasteiger charge is 2.11. The first-order valence-corrected chi connectivity index (χ1v) is 7.37. The number of unbranched alkanes of at least 4 members (excludes halogenated alkanes) is 1. The Kier molecular flexibility index (Phi) is 5.46. The first-order valence-electron chi connectivity index (χ1n) is 7.37. The normalized spacial score (nSPS) is 11.2. The second-order valence-electron chi connectivity index (χ2n) is 4.81. The van der Waals surface area contributed by atoms with Crippen LogP contribution in [0.15, 0.2) is 37.9 Å². The number of hydrogen-bond donors (Lipinski definition) is 0. The monoisotopic (exact) mass is 304 g/mol. The Hall–Kier alpha value is -2.44. The second kappa shape index (κ2) is 7.53. The van der Waals surface area contributed by atoms with Crippen LogP contribution < -0.4 is 10.3 Å². The third-order valence-corrected chi connectivity index (χ3v) is 3.02. The summed E-state index contributed by atoms with van der Waals surface area (Å²) in [5.74, 6) is 1.37. The Labute approximate surface area is 128 Å². The van der Waals surface area contributed by atoms with Crippen LogP contribution in [-0.4, -0.2) is 16.3 Å². The molecule has 118 valence electrons. The molecule has 2 heterocycles. The number of nitrogens with zero attached hydrogens (tertiary/aromatic N) is 4. The Morgan fingerprint density at radius 1 is 1.36 bits per heavy atom. The van der Waals surface area contributed by atoms with Crippen molar-refractivity contribution in [3.63, 3.8) is 0 Å². The summed E-state index contributed by atoms with van der Waals surface area (Å²) in [6.45, 7) is 6.78. The predicted molar refractivity (Wildman–Crippen MR) is 82.2 cm³/mol. The molecule has 0 aliphatic heterocycles. The van der Waals surface area contributed by atoms with Crippen molar-refractivity contribution in [1.82, 2.24) is 9.72 Å². The molecule has 0 N–H and O–H groups in total. The molecule has 2 rings (SSSR count). The molecule has 22 heavy (non-hydrogen) atoms. The molecule has 0 aliphatic carbocycles. The first-order chi connectivity index (χ1) is 10.7. The van der Waals surface area contributed by atoms with E-state index in [4.69, 9.17) is 9.26 Å². The quantitative estimate of drug-likeness (QED) is 0.729. The zero-order valence-electron chi connectivity index (χ0n) is 13.1.